The van der Waals surface area contributed by atoms with Crippen LogP contribution in [0.4, 0.5) is 0 Å². The Morgan fingerprint density at radius 3 is 2.43 bits per heavy atom. The normalized spacial score (nSPS) is 8.86. The van der Waals surface area contributed by atoms with Gasteiger partial charge in [-0.15, -0.1) is 12.6 Å². The lowest BCUT2D eigenvalue weighted by molar-refractivity contribution is -0.111. The minimum Gasteiger partial charge on any atom is -0.396 e. The van der Waals surface area contributed by atoms with Gasteiger partial charge in [-0.2, -0.15) is 0 Å². The molecule has 0 aliphatic rings. The first-order chi connectivity index (χ1) is 3.27. The van der Waals surface area contributed by atoms with E-state index in [-0.39, 0.29) is 11.7 Å². The molecule has 7 heavy (non-hydrogen) atoms. The summed E-state index contributed by atoms with van der Waals surface area (Å²) >= 11 is 3.48. The Hall–Kier alpha value is -0.0200. The predicted molar refractivity (Wildman–Crippen MR) is 30.3 cm³/mol. The number of hydrogen-bond donors (Lipinski definition) is 2. The molecule has 0 fully saturated rings. The Labute approximate surface area is 47.9 Å². The van der Waals surface area contributed by atoms with Crippen LogP contribution < -0.4 is 0 Å². The lowest BCUT2D eigenvalue weighted by Crippen LogP contribution is -1.88. The van der Waals surface area contributed by atoms with Gasteiger partial charge < -0.3 is 5.11 Å². The molecule has 0 amide bonds. The molecule has 0 aromatic heterocycles. The number of carbonyl (C=O) groups excluding carboxylic acids is 1. The van der Waals surface area contributed by atoms with Gasteiger partial charge in [0.1, 0.15) is 0 Å². The van der Waals surface area contributed by atoms with E-state index in [9.17, 15) is 4.79 Å². The summed E-state index contributed by atoms with van der Waals surface area (Å²) in [6, 6.07) is 0. The van der Waals surface area contributed by atoms with E-state index < -0.39 is 0 Å². The Balaban J connectivity index is 2.82. The average molecular weight is 120 g/mol. The second-order valence-corrected chi connectivity index (χ2v) is 1.72. The highest BCUT2D eigenvalue weighted by molar-refractivity contribution is 7.96. The summed E-state index contributed by atoms with van der Waals surface area (Å²) < 4.78 is 0. The van der Waals surface area contributed by atoms with E-state index in [0.717, 1.165) is 0 Å². The third-order valence-electron chi connectivity index (χ3n) is 0.549. The van der Waals surface area contributed by atoms with E-state index >= 15 is 0 Å². The van der Waals surface area contributed by atoms with Crippen molar-refractivity contribution in [1.82, 2.24) is 0 Å². The quantitative estimate of drug-likeness (QED) is 0.523. The minimum atomic E-state index is -0.158. The van der Waals surface area contributed by atoms with E-state index in [1.807, 2.05) is 0 Å². The van der Waals surface area contributed by atoms with Crippen LogP contribution >= 0.6 is 12.6 Å². The Bertz CT molecular complexity index is 62.7. The van der Waals surface area contributed by atoms with Crippen LogP contribution in [0, 0.1) is 0 Å². The van der Waals surface area contributed by atoms with Crippen molar-refractivity contribution in [2.24, 2.45) is 0 Å². The van der Waals surface area contributed by atoms with E-state index in [1.165, 1.54) is 0 Å². The molecule has 0 saturated carbocycles. The number of carbonyl (C=O) groups is 1. The van der Waals surface area contributed by atoms with Gasteiger partial charge in [0, 0.05) is 13.0 Å². The molecule has 0 spiro atoms. The highest BCUT2D eigenvalue weighted by Gasteiger charge is 1.89. The molecular weight excluding hydrogens is 112 g/mol. The molecule has 0 aromatic rings. The smallest absolute Gasteiger partial charge is 0.186 e. The largest absolute Gasteiger partial charge is 0.396 e. The molecule has 0 aliphatic heterocycles. The third kappa shape index (κ3) is 5.98. The minimum absolute atomic E-state index is 0.0757. The zero-order chi connectivity index (χ0) is 5.70. The highest BCUT2D eigenvalue weighted by Crippen LogP contribution is 1.90. The fourth-order valence-electron chi connectivity index (χ4n) is 0.230. The van der Waals surface area contributed by atoms with Gasteiger partial charge in [0.25, 0.3) is 0 Å². The van der Waals surface area contributed by atoms with Gasteiger partial charge in [-0.1, -0.05) is 0 Å². The first-order valence-corrected chi connectivity index (χ1v) is 2.54. The molecule has 0 rings (SSSR count). The SMILES string of the molecule is O=C(S)CCCO. The maximum Gasteiger partial charge on any atom is 0.186 e. The second kappa shape index (κ2) is 4.15. The summed E-state index contributed by atoms with van der Waals surface area (Å²) in [6.07, 6.45) is 0.905. The summed E-state index contributed by atoms with van der Waals surface area (Å²) in [5.74, 6) is 0. The summed E-state index contributed by atoms with van der Waals surface area (Å²) in [7, 11) is 0. The molecule has 0 radical (unpaired) electrons. The van der Waals surface area contributed by atoms with Crippen LogP contribution in [0.2, 0.25) is 0 Å². The van der Waals surface area contributed by atoms with Crippen molar-refractivity contribution in [2.75, 3.05) is 6.61 Å². The van der Waals surface area contributed by atoms with Gasteiger partial charge in [-0.25, -0.2) is 0 Å². The zero-order valence-electron chi connectivity index (χ0n) is 3.92. The van der Waals surface area contributed by atoms with Crippen molar-refractivity contribution >= 4 is 17.7 Å². The Kier molecular flexibility index (Phi) is 4.14. The van der Waals surface area contributed by atoms with Crippen molar-refractivity contribution in [3.05, 3.63) is 0 Å². The van der Waals surface area contributed by atoms with Crippen molar-refractivity contribution in [3.63, 3.8) is 0 Å². The third-order valence-corrected chi connectivity index (χ3v) is 0.772. The Morgan fingerprint density at radius 2 is 2.29 bits per heavy atom. The second-order valence-electron chi connectivity index (χ2n) is 1.22. The predicted octanol–water partition coefficient (Wildman–Crippen LogP) is 0.215. The van der Waals surface area contributed by atoms with Gasteiger partial charge >= 0.3 is 0 Å². The summed E-state index contributed by atoms with van der Waals surface area (Å²) in [5.41, 5.74) is 0. The van der Waals surface area contributed by atoms with E-state index in [1.54, 1.807) is 0 Å². The fourth-order valence-corrected chi connectivity index (χ4v) is 0.388. The number of thiol groups is 1. The number of rotatable bonds is 3. The van der Waals surface area contributed by atoms with Gasteiger partial charge in [0.05, 0.1) is 0 Å². The molecule has 0 atom stereocenters. The van der Waals surface area contributed by atoms with Crippen LogP contribution in [0.5, 0.6) is 0 Å². The first kappa shape index (κ1) is 6.98. The van der Waals surface area contributed by atoms with Crippen LogP contribution in [0.3, 0.4) is 0 Å². The van der Waals surface area contributed by atoms with Crippen LogP contribution in [0.15, 0.2) is 0 Å². The van der Waals surface area contributed by atoms with E-state index in [0.29, 0.717) is 12.8 Å². The van der Waals surface area contributed by atoms with Gasteiger partial charge in [-0.05, 0) is 6.42 Å². The van der Waals surface area contributed by atoms with Crippen LogP contribution in [-0.4, -0.2) is 16.8 Å². The highest BCUT2D eigenvalue weighted by atomic mass is 32.1. The molecule has 0 heterocycles. The van der Waals surface area contributed by atoms with Crippen LogP contribution in [0.25, 0.3) is 0 Å². The number of aliphatic hydroxyl groups excluding tert-OH is 1. The standard InChI is InChI=1S/C4H8O2S/c5-3-1-2-4(6)7/h5H,1-3H2,(H,6,7). The Morgan fingerprint density at radius 1 is 1.71 bits per heavy atom. The van der Waals surface area contributed by atoms with Crippen molar-refractivity contribution in [3.8, 4) is 0 Å². The lowest BCUT2D eigenvalue weighted by Gasteiger charge is -1.85. The van der Waals surface area contributed by atoms with Crippen LogP contribution in [-0.2, 0) is 4.79 Å². The molecule has 42 valence electrons. The summed E-state index contributed by atoms with van der Waals surface area (Å²) in [5, 5.41) is 7.97. The topological polar surface area (TPSA) is 37.3 Å². The maximum atomic E-state index is 9.96. The molecular formula is C4H8O2S. The zero-order valence-corrected chi connectivity index (χ0v) is 4.82. The maximum absolute atomic E-state index is 9.96. The molecule has 0 unspecified atom stereocenters. The summed E-state index contributed by atoms with van der Waals surface area (Å²) in [4.78, 5) is 9.96. The number of hydrogen-bond acceptors (Lipinski definition) is 2. The van der Waals surface area contributed by atoms with E-state index in [4.69, 9.17) is 5.11 Å². The van der Waals surface area contributed by atoms with E-state index in [2.05, 4.69) is 12.6 Å². The summed E-state index contributed by atoms with van der Waals surface area (Å²) in [6.45, 7) is 0.0757. The number of aliphatic hydroxyl groups is 1. The molecule has 0 aliphatic carbocycles. The first-order valence-electron chi connectivity index (χ1n) is 2.10. The molecule has 0 aromatic carbocycles. The van der Waals surface area contributed by atoms with Crippen molar-refractivity contribution in [2.45, 2.75) is 12.8 Å². The molecule has 2 nitrogen and oxygen atoms in total. The molecule has 0 saturated heterocycles. The average Bonchev–Trinajstić information content (AvgIpc) is 1.61. The van der Waals surface area contributed by atoms with Gasteiger partial charge in [0.2, 0.25) is 0 Å². The van der Waals surface area contributed by atoms with Gasteiger partial charge in [-0.3, -0.25) is 4.79 Å². The molecule has 3 heteroatoms. The van der Waals surface area contributed by atoms with Crippen molar-refractivity contribution < 1.29 is 9.90 Å². The molecule has 0 bridgehead atoms. The fraction of sp³-hybridized carbons (Fsp3) is 0.750. The van der Waals surface area contributed by atoms with Crippen molar-refractivity contribution in [1.29, 1.82) is 0 Å². The lowest BCUT2D eigenvalue weighted by atomic mass is 10.3. The monoisotopic (exact) mass is 120 g/mol. The molecule has 1 N–H and O–H groups in total. The van der Waals surface area contributed by atoms with Gasteiger partial charge in [0.15, 0.2) is 5.12 Å². The van der Waals surface area contributed by atoms with Crippen LogP contribution in [0.1, 0.15) is 12.8 Å².